The molecule has 2 rings (SSSR count). The molecule has 1 heterocycles. The molecular weight excluding hydrogens is 382 g/mol. The highest BCUT2D eigenvalue weighted by molar-refractivity contribution is 9.11. The largest absolute Gasteiger partial charge is 0.506 e. The number of rotatable bonds is 3. The predicted octanol–water partition coefficient (Wildman–Crippen LogP) is 1.84. The maximum absolute atomic E-state index is 10.9. The molecule has 0 fully saturated rings. The maximum atomic E-state index is 10.9. The van der Waals surface area contributed by atoms with Gasteiger partial charge in [-0.15, -0.1) is 0 Å². The summed E-state index contributed by atoms with van der Waals surface area (Å²) in [7, 11) is 0. The second-order valence-corrected chi connectivity index (χ2v) is 5.14. The van der Waals surface area contributed by atoms with E-state index < -0.39 is 5.69 Å². The molecule has 0 unspecified atom stereocenters. The van der Waals surface area contributed by atoms with E-state index in [9.17, 15) is 9.90 Å². The van der Waals surface area contributed by atoms with E-state index in [0.29, 0.717) is 10.0 Å². The van der Waals surface area contributed by atoms with Gasteiger partial charge in [-0.25, -0.2) is 9.89 Å². The Labute approximate surface area is 124 Å². The van der Waals surface area contributed by atoms with Crippen molar-refractivity contribution in [1.82, 2.24) is 15.2 Å². The molecule has 1 aromatic carbocycles. The first kappa shape index (κ1) is 13.7. The normalized spacial score (nSPS) is 10.8. The lowest BCUT2D eigenvalue weighted by Gasteiger charge is -2.02. The number of aromatic nitrogens is 3. The summed E-state index contributed by atoms with van der Waals surface area (Å²) in [5.74, 6) is 0.263. The third-order valence-electron chi connectivity index (χ3n) is 2.01. The van der Waals surface area contributed by atoms with E-state index in [1.54, 1.807) is 12.1 Å². The minimum Gasteiger partial charge on any atom is -0.506 e. The van der Waals surface area contributed by atoms with Gasteiger partial charge in [0.15, 0.2) is 5.82 Å². The number of nitrogens with one attached hydrogen (secondary N) is 2. The number of hydrogen-bond acceptors (Lipinski definition) is 6. The Morgan fingerprint density at radius 1 is 1.42 bits per heavy atom. The number of halogens is 2. The van der Waals surface area contributed by atoms with Crippen molar-refractivity contribution in [3.63, 3.8) is 0 Å². The molecule has 0 radical (unpaired) electrons. The summed E-state index contributed by atoms with van der Waals surface area (Å²) in [5.41, 5.74) is 2.45. The number of hydrogen-bond donors (Lipinski definition) is 3. The van der Waals surface area contributed by atoms with Crippen molar-refractivity contribution in [2.75, 3.05) is 5.43 Å². The quantitative estimate of drug-likeness (QED) is 0.549. The Kier molecular flexibility index (Phi) is 4.27. The second kappa shape index (κ2) is 5.93. The molecule has 0 saturated carbocycles. The van der Waals surface area contributed by atoms with E-state index in [-0.39, 0.29) is 11.6 Å². The van der Waals surface area contributed by atoms with Crippen LogP contribution in [0.2, 0.25) is 0 Å². The molecule has 3 N–H and O–H groups in total. The van der Waals surface area contributed by atoms with Gasteiger partial charge in [0.2, 0.25) is 0 Å². The summed E-state index contributed by atoms with van der Waals surface area (Å²) < 4.78 is 1.33. The molecule has 0 atom stereocenters. The maximum Gasteiger partial charge on any atom is 0.363 e. The highest BCUT2D eigenvalue weighted by Gasteiger charge is 2.05. The van der Waals surface area contributed by atoms with Gasteiger partial charge in [-0.1, -0.05) is 15.9 Å². The number of aromatic hydroxyl groups is 1. The first-order valence-corrected chi connectivity index (χ1v) is 6.53. The van der Waals surface area contributed by atoms with Crippen molar-refractivity contribution in [1.29, 1.82) is 0 Å². The molecule has 0 spiro atoms. The molecule has 0 aliphatic carbocycles. The molecule has 0 bridgehead atoms. The molecule has 0 saturated heterocycles. The molecule has 1 aromatic heterocycles. The number of H-pyrrole nitrogens is 1. The van der Waals surface area contributed by atoms with Crippen LogP contribution in [0.5, 0.6) is 5.75 Å². The molecule has 98 valence electrons. The summed E-state index contributed by atoms with van der Waals surface area (Å²) in [5, 5.41) is 19.4. The summed E-state index contributed by atoms with van der Waals surface area (Å²) >= 11 is 6.52. The average molecular weight is 389 g/mol. The summed E-state index contributed by atoms with van der Waals surface area (Å²) in [6, 6.07) is 3.40. The van der Waals surface area contributed by atoms with Gasteiger partial charge in [-0.2, -0.15) is 15.2 Å². The Hall–Kier alpha value is -1.74. The number of nitrogens with zero attached hydrogens (tertiary/aromatic N) is 3. The lowest BCUT2D eigenvalue weighted by atomic mass is 10.2. The number of phenols is 1. The van der Waals surface area contributed by atoms with Crippen LogP contribution in [0.1, 0.15) is 5.56 Å². The Bertz CT molecular complexity index is 686. The van der Waals surface area contributed by atoms with E-state index in [2.05, 4.69) is 57.6 Å². The molecule has 0 amide bonds. The van der Waals surface area contributed by atoms with Gasteiger partial charge < -0.3 is 5.11 Å². The minimum atomic E-state index is -0.576. The van der Waals surface area contributed by atoms with Crippen LogP contribution in [0.25, 0.3) is 0 Å². The predicted molar refractivity (Wildman–Crippen MR) is 77.4 cm³/mol. The highest BCUT2D eigenvalue weighted by Crippen LogP contribution is 2.30. The SMILES string of the molecule is O=c1nc(N/N=C\c2cc(Br)cc(Br)c2O)cn[nH]1. The second-order valence-electron chi connectivity index (χ2n) is 3.37. The summed E-state index contributed by atoms with van der Waals surface area (Å²) in [6.45, 7) is 0. The summed E-state index contributed by atoms with van der Waals surface area (Å²) in [4.78, 5) is 14.5. The van der Waals surface area contributed by atoms with Crippen LogP contribution in [0.4, 0.5) is 5.82 Å². The van der Waals surface area contributed by atoms with Gasteiger partial charge in [0, 0.05) is 10.0 Å². The van der Waals surface area contributed by atoms with E-state index in [0.717, 1.165) is 4.47 Å². The summed E-state index contributed by atoms with van der Waals surface area (Å²) in [6.07, 6.45) is 2.71. The van der Waals surface area contributed by atoms with E-state index >= 15 is 0 Å². The van der Waals surface area contributed by atoms with Crippen molar-refractivity contribution in [2.45, 2.75) is 0 Å². The highest BCUT2D eigenvalue weighted by atomic mass is 79.9. The van der Waals surface area contributed by atoms with E-state index in [1.165, 1.54) is 12.4 Å². The Morgan fingerprint density at radius 3 is 2.95 bits per heavy atom. The molecule has 0 aliphatic heterocycles. The van der Waals surface area contributed by atoms with Crippen LogP contribution in [0, 0.1) is 0 Å². The Balaban J connectivity index is 2.18. The topological polar surface area (TPSA) is 103 Å². The fraction of sp³-hybridized carbons (Fsp3) is 0. The third-order valence-corrected chi connectivity index (χ3v) is 3.07. The smallest absolute Gasteiger partial charge is 0.363 e. The molecule has 19 heavy (non-hydrogen) atoms. The zero-order valence-corrected chi connectivity index (χ0v) is 12.4. The van der Waals surface area contributed by atoms with Crippen molar-refractivity contribution < 1.29 is 5.11 Å². The number of aromatic amines is 1. The standard InChI is InChI=1S/C10H7Br2N5O2/c11-6-1-5(9(18)7(12)2-6)3-13-16-8-4-14-17-10(19)15-8/h1-4,18H,(H2,15,16,17,19)/b13-3-. The minimum absolute atomic E-state index is 0.0609. The van der Waals surface area contributed by atoms with Crippen LogP contribution >= 0.6 is 31.9 Å². The van der Waals surface area contributed by atoms with Gasteiger partial charge in [0.05, 0.1) is 16.9 Å². The number of anilines is 1. The van der Waals surface area contributed by atoms with Gasteiger partial charge in [-0.05, 0) is 28.1 Å². The zero-order chi connectivity index (χ0) is 13.8. The number of hydrazone groups is 1. The Morgan fingerprint density at radius 2 is 2.21 bits per heavy atom. The first-order chi connectivity index (χ1) is 9.06. The van der Waals surface area contributed by atoms with Crippen LogP contribution in [-0.2, 0) is 0 Å². The molecule has 7 nitrogen and oxygen atoms in total. The van der Waals surface area contributed by atoms with Crippen LogP contribution < -0.4 is 11.1 Å². The molecule has 9 heteroatoms. The molecular formula is C10H7Br2N5O2. The van der Waals surface area contributed by atoms with Crippen molar-refractivity contribution in [3.8, 4) is 5.75 Å². The van der Waals surface area contributed by atoms with Gasteiger partial charge in [0.1, 0.15) is 5.75 Å². The first-order valence-electron chi connectivity index (χ1n) is 4.95. The zero-order valence-electron chi connectivity index (χ0n) is 9.26. The van der Waals surface area contributed by atoms with Gasteiger partial charge >= 0.3 is 5.69 Å². The van der Waals surface area contributed by atoms with Crippen LogP contribution in [0.3, 0.4) is 0 Å². The van der Waals surface area contributed by atoms with Gasteiger partial charge in [-0.3, -0.25) is 5.43 Å². The molecule has 0 aliphatic rings. The lowest BCUT2D eigenvalue weighted by molar-refractivity contribution is 0.471. The molecule has 2 aromatic rings. The van der Waals surface area contributed by atoms with Crippen molar-refractivity contribution in [2.24, 2.45) is 5.10 Å². The number of benzene rings is 1. The average Bonchev–Trinajstić information content (AvgIpc) is 2.35. The van der Waals surface area contributed by atoms with Crippen LogP contribution in [0.15, 0.2) is 37.2 Å². The van der Waals surface area contributed by atoms with Gasteiger partial charge in [0.25, 0.3) is 0 Å². The fourth-order valence-corrected chi connectivity index (χ4v) is 2.48. The van der Waals surface area contributed by atoms with Crippen molar-refractivity contribution in [3.05, 3.63) is 43.3 Å². The third kappa shape index (κ3) is 3.61. The number of phenolic OH excluding ortho intramolecular Hbond substituents is 1. The monoisotopic (exact) mass is 387 g/mol. The lowest BCUT2D eigenvalue weighted by Crippen LogP contribution is -2.13. The fourth-order valence-electron chi connectivity index (χ4n) is 1.22. The van der Waals surface area contributed by atoms with Crippen molar-refractivity contribution >= 4 is 43.9 Å². The van der Waals surface area contributed by atoms with Crippen LogP contribution in [-0.4, -0.2) is 26.5 Å². The van der Waals surface area contributed by atoms with E-state index in [4.69, 9.17) is 0 Å². The van der Waals surface area contributed by atoms with E-state index in [1.807, 2.05) is 0 Å².